The number of carbonyl (C=O) groups is 1. The summed E-state index contributed by atoms with van der Waals surface area (Å²) in [6, 6.07) is 13.2. The van der Waals surface area contributed by atoms with Gasteiger partial charge in [-0.15, -0.1) is 0 Å². The van der Waals surface area contributed by atoms with Gasteiger partial charge in [-0.3, -0.25) is 4.79 Å². The Hall–Kier alpha value is -3.04. The Morgan fingerprint density at radius 2 is 1.48 bits per heavy atom. The largest absolute Gasteiger partial charge is 0.464 e. The molecular formula is C24H26F2N2O4S. The highest BCUT2D eigenvalue weighted by Crippen LogP contribution is 2.20. The molecule has 0 saturated carbocycles. The highest BCUT2D eigenvalue weighted by molar-refractivity contribution is 7.89. The van der Waals surface area contributed by atoms with Gasteiger partial charge in [0.1, 0.15) is 23.2 Å². The summed E-state index contributed by atoms with van der Waals surface area (Å²) < 4.78 is 59.6. The van der Waals surface area contributed by atoms with E-state index in [4.69, 9.17) is 4.42 Å². The van der Waals surface area contributed by atoms with Gasteiger partial charge in [-0.05, 0) is 74.9 Å². The van der Waals surface area contributed by atoms with Gasteiger partial charge in [0.15, 0.2) is 0 Å². The van der Waals surface area contributed by atoms with Crippen molar-refractivity contribution in [1.82, 2.24) is 9.21 Å². The van der Waals surface area contributed by atoms with E-state index < -0.39 is 40.2 Å². The summed E-state index contributed by atoms with van der Waals surface area (Å²) in [7, 11) is -4.05. The van der Waals surface area contributed by atoms with E-state index >= 15 is 0 Å². The highest BCUT2D eigenvalue weighted by atomic mass is 32.2. The predicted octanol–water partition coefficient (Wildman–Crippen LogP) is 4.49. The van der Waals surface area contributed by atoms with Crippen LogP contribution in [0.1, 0.15) is 30.9 Å². The first-order valence-corrected chi connectivity index (χ1v) is 11.8. The number of furan rings is 1. The Bertz CT molecular complexity index is 1190. The summed E-state index contributed by atoms with van der Waals surface area (Å²) in [5, 5.41) is 0. The number of sulfonamides is 1. The lowest BCUT2D eigenvalue weighted by atomic mass is 10.2. The number of rotatable bonds is 9. The van der Waals surface area contributed by atoms with E-state index in [9.17, 15) is 22.0 Å². The molecule has 0 aliphatic rings. The zero-order valence-corrected chi connectivity index (χ0v) is 19.5. The molecule has 0 unspecified atom stereocenters. The van der Waals surface area contributed by atoms with Crippen molar-refractivity contribution in [2.45, 2.75) is 44.8 Å². The molecule has 0 saturated heterocycles. The fourth-order valence-electron chi connectivity index (χ4n) is 3.32. The van der Waals surface area contributed by atoms with Crippen molar-refractivity contribution in [3.63, 3.8) is 0 Å². The molecule has 3 aromatic rings. The Kier molecular flexibility index (Phi) is 7.65. The molecule has 1 amide bonds. The summed E-state index contributed by atoms with van der Waals surface area (Å²) in [5.41, 5.74) is 0.686. The van der Waals surface area contributed by atoms with E-state index in [1.54, 1.807) is 45.0 Å². The van der Waals surface area contributed by atoms with Crippen LogP contribution in [0.2, 0.25) is 0 Å². The molecule has 0 aliphatic heterocycles. The fourth-order valence-corrected chi connectivity index (χ4v) is 4.91. The first-order valence-electron chi connectivity index (χ1n) is 10.4. The van der Waals surface area contributed by atoms with Crippen LogP contribution in [0, 0.1) is 18.6 Å². The first-order chi connectivity index (χ1) is 15.6. The summed E-state index contributed by atoms with van der Waals surface area (Å²) in [4.78, 5) is 14.7. The number of nitrogens with zero attached hydrogens (tertiary/aromatic N) is 2. The van der Waals surface area contributed by atoms with Crippen molar-refractivity contribution in [2.24, 2.45) is 0 Å². The van der Waals surface area contributed by atoms with Gasteiger partial charge in [0.2, 0.25) is 15.9 Å². The van der Waals surface area contributed by atoms with Crippen LogP contribution >= 0.6 is 0 Å². The molecular weight excluding hydrogens is 450 g/mol. The molecule has 0 atom stereocenters. The molecule has 176 valence electrons. The average molecular weight is 477 g/mol. The minimum Gasteiger partial charge on any atom is -0.464 e. The second kappa shape index (κ2) is 10.3. The fraction of sp³-hybridized carbons (Fsp3) is 0.292. The van der Waals surface area contributed by atoms with Crippen molar-refractivity contribution >= 4 is 15.9 Å². The SMILES string of the molecule is Cc1ccc(CN(Cc2ccc(F)cc2)C(=O)CN(C(C)C)S(=O)(=O)c2ccc(F)cc2)o1. The van der Waals surface area contributed by atoms with Crippen LogP contribution in [0.5, 0.6) is 0 Å². The second-order valence-electron chi connectivity index (χ2n) is 7.99. The molecule has 0 bridgehead atoms. The van der Waals surface area contributed by atoms with Gasteiger partial charge in [0, 0.05) is 12.6 Å². The third-order valence-corrected chi connectivity index (χ3v) is 7.11. The quantitative estimate of drug-likeness (QED) is 0.456. The average Bonchev–Trinajstić information content (AvgIpc) is 3.17. The van der Waals surface area contributed by atoms with Crippen molar-refractivity contribution in [3.05, 3.63) is 89.4 Å². The number of carbonyl (C=O) groups excluding carboxylic acids is 1. The van der Waals surface area contributed by atoms with E-state index in [-0.39, 0.29) is 18.0 Å². The summed E-state index contributed by atoms with van der Waals surface area (Å²) in [6.07, 6.45) is 0. The van der Waals surface area contributed by atoms with Gasteiger partial charge in [0.05, 0.1) is 18.0 Å². The van der Waals surface area contributed by atoms with E-state index in [0.29, 0.717) is 17.1 Å². The summed E-state index contributed by atoms with van der Waals surface area (Å²) in [6.45, 7) is 4.95. The van der Waals surface area contributed by atoms with Crippen LogP contribution in [0.25, 0.3) is 0 Å². The van der Waals surface area contributed by atoms with Crippen LogP contribution in [-0.4, -0.2) is 36.1 Å². The normalized spacial score (nSPS) is 11.8. The van der Waals surface area contributed by atoms with Gasteiger partial charge in [-0.2, -0.15) is 4.31 Å². The second-order valence-corrected chi connectivity index (χ2v) is 9.88. The maximum atomic E-state index is 13.3. The molecule has 2 aromatic carbocycles. The molecule has 0 N–H and O–H groups in total. The van der Waals surface area contributed by atoms with Crippen LogP contribution < -0.4 is 0 Å². The van der Waals surface area contributed by atoms with Gasteiger partial charge in [0.25, 0.3) is 0 Å². The van der Waals surface area contributed by atoms with Crippen molar-refractivity contribution in [1.29, 1.82) is 0 Å². The highest BCUT2D eigenvalue weighted by Gasteiger charge is 2.31. The molecule has 3 rings (SSSR count). The van der Waals surface area contributed by atoms with Crippen LogP contribution in [-0.2, 0) is 27.9 Å². The van der Waals surface area contributed by atoms with Crippen LogP contribution in [0.3, 0.4) is 0 Å². The van der Waals surface area contributed by atoms with E-state index in [2.05, 4.69) is 0 Å². The lowest BCUT2D eigenvalue weighted by Crippen LogP contribution is -2.45. The van der Waals surface area contributed by atoms with Gasteiger partial charge in [-0.25, -0.2) is 17.2 Å². The maximum absolute atomic E-state index is 13.3. The van der Waals surface area contributed by atoms with Crippen molar-refractivity contribution < 1.29 is 26.4 Å². The number of benzene rings is 2. The smallest absolute Gasteiger partial charge is 0.243 e. The van der Waals surface area contributed by atoms with Gasteiger partial charge < -0.3 is 9.32 Å². The Morgan fingerprint density at radius 1 is 0.909 bits per heavy atom. The third kappa shape index (κ3) is 6.27. The molecule has 0 spiro atoms. The lowest BCUT2D eigenvalue weighted by molar-refractivity contribution is -0.133. The number of aryl methyl sites for hydroxylation is 1. The Morgan fingerprint density at radius 3 is 2.00 bits per heavy atom. The molecule has 1 aromatic heterocycles. The standard InChI is InChI=1S/C24H26F2N2O4S/c1-17(2)28(33(30,31)23-12-9-21(26)10-13-23)16-24(29)27(15-22-11-4-18(3)32-22)14-19-5-7-20(25)8-6-19/h4-13,17H,14-16H2,1-3H3. The summed E-state index contributed by atoms with van der Waals surface area (Å²) >= 11 is 0. The molecule has 9 heteroatoms. The monoisotopic (exact) mass is 476 g/mol. The molecule has 6 nitrogen and oxygen atoms in total. The molecule has 0 aliphatic carbocycles. The molecule has 0 fully saturated rings. The predicted molar refractivity (Wildman–Crippen MR) is 120 cm³/mol. The van der Waals surface area contributed by atoms with E-state index in [1.807, 2.05) is 0 Å². The zero-order valence-electron chi connectivity index (χ0n) is 18.7. The van der Waals surface area contributed by atoms with Crippen molar-refractivity contribution in [3.8, 4) is 0 Å². The molecule has 33 heavy (non-hydrogen) atoms. The van der Waals surface area contributed by atoms with Crippen LogP contribution in [0.15, 0.2) is 70.0 Å². The van der Waals surface area contributed by atoms with Crippen LogP contribution in [0.4, 0.5) is 8.78 Å². The Balaban J connectivity index is 1.87. The number of halogens is 2. The number of hydrogen-bond acceptors (Lipinski definition) is 4. The zero-order chi connectivity index (χ0) is 24.2. The van der Waals surface area contributed by atoms with Gasteiger partial charge >= 0.3 is 0 Å². The number of amides is 1. The van der Waals surface area contributed by atoms with E-state index in [1.165, 1.54) is 29.2 Å². The minimum absolute atomic E-state index is 0.0999. The van der Waals surface area contributed by atoms with E-state index in [0.717, 1.165) is 16.4 Å². The third-order valence-electron chi connectivity index (χ3n) is 5.07. The Labute approximate surface area is 192 Å². The molecule has 0 radical (unpaired) electrons. The summed E-state index contributed by atoms with van der Waals surface area (Å²) in [5.74, 6) is -0.176. The molecule has 1 heterocycles. The van der Waals surface area contributed by atoms with Crippen molar-refractivity contribution in [2.75, 3.05) is 6.54 Å². The minimum atomic E-state index is -4.05. The maximum Gasteiger partial charge on any atom is 0.243 e. The first kappa shape index (κ1) is 24.6. The topological polar surface area (TPSA) is 70.8 Å². The van der Waals surface area contributed by atoms with Gasteiger partial charge in [-0.1, -0.05) is 12.1 Å². The number of hydrogen-bond donors (Lipinski definition) is 0. The lowest BCUT2D eigenvalue weighted by Gasteiger charge is -2.29.